The van der Waals surface area contributed by atoms with Gasteiger partial charge in [-0.25, -0.2) is 19.2 Å². The van der Waals surface area contributed by atoms with Crippen LogP contribution in [0.1, 0.15) is 445 Å². The quantitative estimate of drug-likeness (QED) is 0.0117. The zero-order valence-electron chi connectivity index (χ0n) is 94.9. The van der Waals surface area contributed by atoms with Crippen LogP contribution in [0.2, 0.25) is 0 Å². The molecule has 0 spiro atoms. The molecular weight excluding hydrogens is 1890 g/mol. The highest BCUT2D eigenvalue weighted by molar-refractivity contribution is 5.82. The maximum atomic E-state index is 14.7. The number of aliphatic hydroxyl groups excluding tert-OH is 3. The van der Waals surface area contributed by atoms with Gasteiger partial charge in [-0.2, -0.15) is 0 Å². The van der Waals surface area contributed by atoms with E-state index in [1.165, 1.54) is 245 Å². The summed E-state index contributed by atoms with van der Waals surface area (Å²) in [5, 5.41) is 49.9. The van der Waals surface area contributed by atoms with Crippen molar-refractivity contribution in [2.45, 2.75) is 445 Å². The molecule has 0 bridgehead atoms. The molecule has 0 aromatic rings. The Labute approximate surface area is 897 Å². The fraction of sp³-hybridized carbons (Fsp3) is 0.887. The van der Waals surface area contributed by atoms with Crippen LogP contribution in [0, 0.1) is 28.6 Å². The second-order valence-corrected chi connectivity index (χ2v) is 42.6. The van der Waals surface area contributed by atoms with Crippen LogP contribution >= 0.6 is 0 Å². The predicted molar refractivity (Wildman–Crippen MR) is 592 cm³/mol. The van der Waals surface area contributed by atoms with Gasteiger partial charge < -0.3 is 111 Å². The van der Waals surface area contributed by atoms with E-state index in [0.717, 1.165) is 141 Å². The van der Waals surface area contributed by atoms with Crippen molar-refractivity contribution in [3.05, 3.63) is 0 Å². The standard InChI is InChI=1S/C115H218N12O21/c1-10-12-13-14-15-16-17-18-22-29-36-43-50-57-72-102(131)116-76-64-84-124(6)88-68-80-120-109(138)145-98-114(4,99-146-110(139)121-81-69-89-125(7)85-65-77-117-103(132)73-58-51-44-37-30-23-19-26-33-40-47-54-61-92-128)107(136)143-96-113(3,106(135)142-95-11-2)97-144-108(137)115(5,100-147-111(140)122-82-70-90-126(8)86-66-78-118-104(133)74-59-52-45-38-31-24-20-27-34-41-48-55-62-93-129)101-148-112(141)123-83-71-91-127(9)87-67-79-119-105(134)75-60-53-46-39-32-25-21-28-35-42-49-56-63-94-130/h2,128-130H,10,12-101H2,1,3-9H3,(H,116,131)(H,117,132)(H,118,133)(H,119,134)(H,120,138)(H,121,139)(H,122,140)(H,123,141). The number of esters is 3. The van der Waals surface area contributed by atoms with Gasteiger partial charge in [0.05, 0.1) is 0 Å². The van der Waals surface area contributed by atoms with Crippen molar-refractivity contribution in [3.63, 3.8) is 0 Å². The molecule has 2 unspecified atom stereocenters. The van der Waals surface area contributed by atoms with Gasteiger partial charge in [-0.1, -0.05) is 308 Å². The number of aliphatic hydroxyl groups is 3. The van der Waals surface area contributed by atoms with Crippen LogP contribution in [0.25, 0.3) is 0 Å². The molecule has 148 heavy (non-hydrogen) atoms. The minimum absolute atomic E-state index is 0.0482. The number of terminal acetylenes is 1. The highest BCUT2D eigenvalue weighted by atomic mass is 16.6. The summed E-state index contributed by atoms with van der Waals surface area (Å²) in [7, 11) is 7.79. The lowest BCUT2D eigenvalue weighted by atomic mass is 9.90. The number of amides is 8. The molecule has 0 radical (unpaired) electrons. The first-order chi connectivity index (χ1) is 71.7. The van der Waals surface area contributed by atoms with Crippen LogP contribution in [0.4, 0.5) is 19.2 Å². The number of carbonyl (C=O) groups excluding carboxylic acids is 11. The number of hydrogen-bond acceptors (Lipinski definition) is 25. The van der Waals surface area contributed by atoms with Crippen molar-refractivity contribution in [2.75, 3.05) is 199 Å². The number of ether oxygens (including phenoxy) is 7. The lowest BCUT2D eigenvalue weighted by Gasteiger charge is -2.32. The first-order valence-corrected chi connectivity index (χ1v) is 58.9. The molecule has 8 amide bonds. The van der Waals surface area contributed by atoms with Gasteiger partial charge >= 0.3 is 42.3 Å². The zero-order chi connectivity index (χ0) is 109. The van der Waals surface area contributed by atoms with Crippen LogP contribution in [0.5, 0.6) is 0 Å². The van der Waals surface area contributed by atoms with Gasteiger partial charge in [0.1, 0.15) is 55.9 Å². The molecular formula is C115H218N12O21. The largest absolute Gasteiger partial charge is 0.464 e. The molecule has 2 atom stereocenters. The maximum Gasteiger partial charge on any atom is 0.407 e. The summed E-state index contributed by atoms with van der Waals surface area (Å²) in [5.74, 6) is -0.823. The lowest BCUT2D eigenvalue weighted by molar-refractivity contribution is -0.178. The number of alkyl carbamates (subject to hydrolysis) is 4. The molecule has 33 nitrogen and oxygen atoms in total. The van der Waals surface area contributed by atoms with E-state index < -0.39 is 105 Å². The van der Waals surface area contributed by atoms with Gasteiger partial charge in [-0.15, -0.1) is 6.42 Å². The van der Waals surface area contributed by atoms with Crippen LogP contribution in [0.15, 0.2) is 0 Å². The van der Waals surface area contributed by atoms with E-state index in [1.807, 2.05) is 28.2 Å². The fourth-order valence-corrected chi connectivity index (χ4v) is 17.4. The third kappa shape index (κ3) is 90.2. The summed E-state index contributed by atoms with van der Waals surface area (Å²) in [6.07, 6.45) is 71.5. The van der Waals surface area contributed by atoms with Gasteiger partial charge in [0, 0.05) is 97.9 Å². The molecule has 0 saturated heterocycles. The Kier molecular flexibility index (Phi) is 96.4. The smallest absolute Gasteiger partial charge is 0.407 e. The van der Waals surface area contributed by atoms with Crippen molar-refractivity contribution in [1.82, 2.24) is 62.1 Å². The first-order valence-electron chi connectivity index (χ1n) is 58.9. The van der Waals surface area contributed by atoms with Crippen LogP contribution in [-0.2, 0) is 66.7 Å². The highest BCUT2D eigenvalue weighted by Crippen LogP contribution is 2.29. The lowest BCUT2D eigenvalue weighted by Crippen LogP contribution is -2.47. The molecule has 0 aromatic carbocycles. The molecule has 0 aliphatic rings. The molecule has 0 rings (SSSR count). The minimum Gasteiger partial charge on any atom is -0.464 e. The molecule has 0 aliphatic carbocycles. The fourth-order valence-electron chi connectivity index (χ4n) is 17.4. The van der Waals surface area contributed by atoms with Crippen LogP contribution < -0.4 is 42.5 Å². The molecule has 0 aliphatic heterocycles. The monoisotopic (exact) mass is 2100 g/mol. The van der Waals surface area contributed by atoms with E-state index >= 15 is 0 Å². The molecule has 0 heterocycles. The summed E-state index contributed by atoms with van der Waals surface area (Å²) >= 11 is 0. The number of unbranched alkanes of at least 4 members (excludes halogenated alkanes) is 49. The summed E-state index contributed by atoms with van der Waals surface area (Å²) in [6.45, 7) is 10.2. The average Bonchev–Trinajstić information content (AvgIpc) is 0.814. The Morgan fingerprint density at radius 2 is 0.378 bits per heavy atom. The van der Waals surface area contributed by atoms with E-state index in [9.17, 15) is 52.7 Å². The summed E-state index contributed by atoms with van der Waals surface area (Å²) in [6, 6.07) is 0. The Morgan fingerprint density at radius 1 is 0.223 bits per heavy atom. The van der Waals surface area contributed by atoms with Gasteiger partial charge in [0.2, 0.25) is 23.6 Å². The molecule has 0 aromatic heterocycles. The maximum absolute atomic E-state index is 14.7. The van der Waals surface area contributed by atoms with E-state index in [2.05, 4.69) is 75.0 Å². The Morgan fingerprint density at radius 3 is 0.554 bits per heavy atom. The third-order valence-corrected chi connectivity index (χ3v) is 27.4. The SMILES string of the molecule is C#CCOC(=O)C(C)(COC(=O)C(C)(COC(=O)NCCCN(C)CCCNC(=O)CCCCCCCCCCCCCCCC)COC(=O)NCCCN(C)CCCNC(=O)CCCCCCCCCCCCCCCO)COC(=O)C(C)(COC(=O)NCCCN(C)CCCNC(=O)CCCCCCCCCCCCCCCO)COC(=O)NCCCN(C)CCCNC(=O)CCCCCCCCCCCCCCCO. The Hall–Kier alpha value is -7.35. The second-order valence-electron chi connectivity index (χ2n) is 42.6. The number of nitrogens with one attached hydrogen (secondary N) is 8. The van der Waals surface area contributed by atoms with Crippen molar-refractivity contribution in [2.24, 2.45) is 16.2 Å². The normalized spacial score (nSPS) is 12.3. The van der Waals surface area contributed by atoms with E-state index in [1.54, 1.807) is 0 Å². The highest BCUT2D eigenvalue weighted by Gasteiger charge is 2.46. The van der Waals surface area contributed by atoms with Gasteiger partial charge in [-0.05, 0) is 198 Å². The second kappa shape index (κ2) is 101. The zero-order valence-corrected chi connectivity index (χ0v) is 94.9. The van der Waals surface area contributed by atoms with E-state index in [4.69, 9.17) is 54.9 Å². The molecule has 0 saturated carbocycles. The van der Waals surface area contributed by atoms with Gasteiger partial charge in [0.25, 0.3) is 0 Å². The molecule has 33 heteroatoms. The van der Waals surface area contributed by atoms with E-state index in [0.29, 0.717) is 130 Å². The van der Waals surface area contributed by atoms with Gasteiger partial charge in [-0.3, -0.25) is 33.6 Å². The minimum atomic E-state index is -2.03. The van der Waals surface area contributed by atoms with Crippen molar-refractivity contribution in [3.8, 4) is 12.3 Å². The third-order valence-electron chi connectivity index (χ3n) is 27.4. The summed E-state index contributed by atoms with van der Waals surface area (Å²) < 4.78 is 39.7. The Bertz CT molecular complexity index is 2930. The summed E-state index contributed by atoms with van der Waals surface area (Å²) in [4.78, 5) is 156. The predicted octanol–water partition coefficient (Wildman–Crippen LogP) is 19.7. The number of hydrogen-bond donors (Lipinski definition) is 11. The summed E-state index contributed by atoms with van der Waals surface area (Å²) in [5.41, 5.74) is -5.89. The number of nitrogens with zero attached hydrogens (tertiary/aromatic N) is 4. The Balaban J connectivity index is 6.21. The molecule has 11 N–H and O–H groups in total. The number of rotatable bonds is 108. The van der Waals surface area contributed by atoms with Crippen LogP contribution in [0.3, 0.4) is 0 Å². The topological polar surface area (TPSA) is 422 Å². The molecule has 0 fully saturated rings. The van der Waals surface area contributed by atoms with Crippen LogP contribution in [-0.4, -0.2) is 300 Å². The van der Waals surface area contributed by atoms with Crippen molar-refractivity contribution in [1.29, 1.82) is 0 Å². The van der Waals surface area contributed by atoms with Crippen molar-refractivity contribution >= 4 is 65.9 Å². The van der Waals surface area contributed by atoms with Gasteiger partial charge in [0.15, 0.2) is 6.61 Å². The average molecular weight is 2110 g/mol. The van der Waals surface area contributed by atoms with E-state index in [-0.39, 0.29) is 69.6 Å². The molecule has 864 valence electrons. The number of carbonyl (C=O) groups is 11. The first kappa shape index (κ1) is 141. The van der Waals surface area contributed by atoms with Crippen molar-refractivity contribution < 1.29 is 101 Å².